The molecule has 0 radical (unpaired) electrons. The van der Waals surface area contributed by atoms with Gasteiger partial charge in [0.25, 0.3) is 0 Å². The SMILES string of the molecule is COc1ccc(CCNC(=NCc2nnc(C)n2C)NC(C)CCC(C)C)cc1. The summed E-state index contributed by atoms with van der Waals surface area (Å²) < 4.78 is 7.20. The molecular weight excluding hydrogens is 364 g/mol. The third-order valence-electron chi connectivity index (χ3n) is 4.99. The van der Waals surface area contributed by atoms with Crippen LogP contribution in [0.4, 0.5) is 0 Å². The number of rotatable bonds is 10. The lowest BCUT2D eigenvalue weighted by molar-refractivity contribution is 0.414. The smallest absolute Gasteiger partial charge is 0.191 e. The number of aromatic nitrogens is 3. The van der Waals surface area contributed by atoms with E-state index in [2.05, 4.69) is 53.7 Å². The van der Waals surface area contributed by atoms with Crippen LogP contribution in [0.2, 0.25) is 0 Å². The van der Waals surface area contributed by atoms with Gasteiger partial charge in [-0.3, -0.25) is 0 Å². The number of hydrogen-bond acceptors (Lipinski definition) is 4. The first kappa shape index (κ1) is 22.7. The van der Waals surface area contributed by atoms with Crippen molar-refractivity contribution in [2.75, 3.05) is 13.7 Å². The van der Waals surface area contributed by atoms with Gasteiger partial charge >= 0.3 is 0 Å². The van der Waals surface area contributed by atoms with Crippen molar-refractivity contribution in [2.24, 2.45) is 18.0 Å². The zero-order valence-corrected chi connectivity index (χ0v) is 18.7. The number of aliphatic imine (C=N–C) groups is 1. The van der Waals surface area contributed by atoms with E-state index in [9.17, 15) is 0 Å². The molecule has 160 valence electrons. The van der Waals surface area contributed by atoms with Gasteiger partial charge in [-0.15, -0.1) is 10.2 Å². The lowest BCUT2D eigenvalue weighted by Crippen LogP contribution is -2.43. The van der Waals surface area contributed by atoms with E-state index >= 15 is 0 Å². The molecule has 2 rings (SSSR count). The fraction of sp³-hybridized carbons (Fsp3) is 0.591. The minimum Gasteiger partial charge on any atom is -0.497 e. The van der Waals surface area contributed by atoms with Crippen molar-refractivity contribution >= 4 is 5.96 Å². The number of aryl methyl sites for hydroxylation is 1. The number of ether oxygens (including phenoxy) is 1. The Hall–Kier alpha value is -2.57. The Balaban J connectivity index is 1.96. The topological polar surface area (TPSA) is 76.4 Å². The average Bonchev–Trinajstić information content (AvgIpc) is 3.03. The lowest BCUT2D eigenvalue weighted by atomic mass is 10.0. The Morgan fingerprint density at radius 3 is 2.45 bits per heavy atom. The summed E-state index contributed by atoms with van der Waals surface area (Å²) in [6, 6.07) is 8.53. The van der Waals surface area contributed by atoms with Crippen molar-refractivity contribution < 1.29 is 4.74 Å². The molecule has 7 heteroatoms. The normalized spacial score (nSPS) is 12.9. The third-order valence-corrected chi connectivity index (χ3v) is 4.99. The Morgan fingerprint density at radius 1 is 1.14 bits per heavy atom. The number of methoxy groups -OCH3 is 1. The molecule has 0 saturated carbocycles. The van der Waals surface area contributed by atoms with E-state index < -0.39 is 0 Å². The van der Waals surface area contributed by atoms with Crippen LogP contribution in [0.1, 0.15) is 50.8 Å². The van der Waals surface area contributed by atoms with Gasteiger partial charge in [0.05, 0.1) is 7.11 Å². The van der Waals surface area contributed by atoms with E-state index in [1.807, 2.05) is 30.7 Å². The maximum atomic E-state index is 5.22. The summed E-state index contributed by atoms with van der Waals surface area (Å²) in [5.41, 5.74) is 1.26. The van der Waals surface area contributed by atoms with Crippen LogP contribution < -0.4 is 15.4 Å². The van der Waals surface area contributed by atoms with Crippen molar-refractivity contribution in [1.82, 2.24) is 25.4 Å². The molecule has 0 spiro atoms. The molecule has 2 aromatic rings. The Labute approximate surface area is 175 Å². The second-order valence-corrected chi connectivity index (χ2v) is 7.93. The molecular formula is C22H36N6O. The molecule has 0 aliphatic heterocycles. The molecule has 29 heavy (non-hydrogen) atoms. The van der Waals surface area contributed by atoms with Gasteiger partial charge < -0.3 is 19.9 Å². The van der Waals surface area contributed by atoms with E-state index in [1.54, 1.807) is 7.11 Å². The van der Waals surface area contributed by atoms with Crippen LogP contribution in [-0.4, -0.2) is 40.4 Å². The molecule has 1 atom stereocenters. The Bertz CT molecular complexity index is 766. The highest BCUT2D eigenvalue weighted by atomic mass is 16.5. The minimum atomic E-state index is 0.353. The van der Waals surface area contributed by atoms with Crippen molar-refractivity contribution in [1.29, 1.82) is 0 Å². The van der Waals surface area contributed by atoms with Crippen LogP contribution in [-0.2, 0) is 20.0 Å². The molecule has 1 aromatic carbocycles. The molecule has 0 amide bonds. The third kappa shape index (κ3) is 7.75. The van der Waals surface area contributed by atoms with Gasteiger partial charge in [0.15, 0.2) is 11.8 Å². The molecule has 1 aromatic heterocycles. The standard InChI is InChI=1S/C22H36N6O/c1-16(2)7-8-17(3)25-22(24-15-21-27-26-18(4)28(21)5)23-14-13-19-9-11-20(29-6)12-10-19/h9-12,16-17H,7-8,13-15H2,1-6H3,(H2,23,24,25). The summed E-state index contributed by atoms with van der Waals surface area (Å²) >= 11 is 0. The van der Waals surface area contributed by atoms with Crippen LogP contribution in [0, 0.1) is 12.8 Å². The zero-order valence-electron chi connectivity index (χ0n) is 18.7. The van der Waals surface area contributed by atoms with Gasteiger partial charge in [-0.2, -0.15) is 0 Å². The van der Waals surface area contributed by atoms with Gasteiger partial charge in [0.1, 0.15) is 18.1 Å². The van der Waals surface area contributed by atoms with E-state index in [4.69, 9.17) is 9.73 Å². The number of nitrogens with one attached hydrogen (secondary N) is 2. The highest BCUT2D eigenvalue weighted by Crippen LogP contribution is 2.11. The fourth-order valence-corrected chi connectivity index (χ4v) is 2.90. The predicted octanol–water partition coefficient (Wildman–Crippen LogP) is 3.23. The fourth-order valence-electron chi connectivity index (χ4n) is 2.90. The number of benzene rings is 1. The van der Waals surface area contributed by atoms with Crippen molar-refractivity contribution in [3.63, 3.8) is 0 Å². The maximum Gasteiger partial charge on any atom is 0.191 e. The summed E-state index contributed by atoms with van der Waals surface area (Å²) in [5, 5.41) is 15.3. The van der Waals surface area contributed by atoms with Gasteiger partial charge in [-0.25, -0.2) is 4.99 Å². The summed E-state index contributed by atoms with van der Waals surface area (Å²) in [4.78, 5) is 4.74. The summed E-state index contributed by atoms with van der Waals surface area (Å²) in [7, 11) is 3.65. The largest absolute Gasteiger partial charge is 0.497 e. The Kier molecular flexibility index (Phi) is 8.96. The lowest BCUT2D eigenvalue weighted by Gasteiger charge is -2.19. The average molecular weight is 401 g/mol. The molecule has 0 aliphatic rings. The molecule has 0 fully saturated rings. The van der Waals surface area contributed by atoms with Crippen LogP contribution in [0.5, 0.6) is 5.75 Å². The van der Waals surface area contributed by atoms with Crippen LogP contribution >= 0.6 is 0 Å². The zero-order chi connectivity index (χ0) is 21.2. The predicted molar refractivity (Wildman–Crippen MR) is 118 cm³/mol. The highest BCUT2D eigenvalue weighted by molar-refractivity contribution is 5.80. The van der Waals surface area contributed by atoms with Crippen LogP contribution in [0.3, 0.4) is 0 Å². The van der Waals surface area contributed by atoms with Gasteiger partial charge in [0.2, 0.25) is 0 Å². The van der Waals surface area contributed by atoms with Gasteiger partial charge in [-0.05, 0) is 56.7 Å². The van der Waals surface area contributed by atoms with Gasteiger partial charge in [-0.1, -0.05) is 26.0 Å². The van der Waals surface area contributed by atoms with Crippen molar-refractivity contribution in [2.45, 2.75) is 59.5 Å². The van der Waals surface area contributed by atoms with Crippen LogP contribution in [0.25, 0.3) is 0 Å². The second-order valence-electron chi connectivity index (χ2n) is 7.93. The first-order valence-corrected chi connectivity index (χ1v) is 10.4. The molecule has 0 saturated heterocycles. The van der Waals surface area contributed by atoms with Crippen molar-refractivity contribution in [3.05, 3.63) is 41.5 Å². The number of nitrogens with zero attached hydrogens (tertiary/aromatic N) is 4. The van der Waals surface area contributed by atoms with Crippen LogP contribution in [0.15, 0.2) is 29.3 Å². The van der Waals surface area contributed by atoms with Gasteiger partial charge in [0, 0.05) is 19.6 Å². The highest BCUT2D eigenvalue weighted by Gasteiger charge is 2.09. The van der Waals surface area contributed by atoms with Crippen molar-refractivity contribution in [3.8, 4) is 5.75 Å². The summed E-state index contributed by atoms with van der Waals surface area (Å²) in [6.07, 6.45) is 3.21. The van der Waals surface area contributed by atoms with E-state index in [1.165, 1.54) is 12.0 Å². The molecule has 2 N–H and O–H groups in total. The van der Waals surface area contributed by atoms with E-state index in [0.717, 1.165) is 42.7 Å². The number of hydrogen-bond donors (Lipinski definition) is 2. The molecule has 7 nitrogen and oxygen atoms in total. The molecule has 0 bridgehead atoms. The van der Waals surface area contributed by atoms with E-state index in [0.29, 0.717) is 18.5 Å². The molecule has 0 aliphatic carbocycles. The first-order chi connectivity index (χ1) is 13.9. The second kappa shape index (κ2) is 11.4. The number of guanidine groups is 1. The maximum absolute atomic E-state index is 5.22. The quantitative estimate of drug-likeness (QED) is 0.473. The Morgan fingerprint density at radius 2 is 1.86 bits per heavy atom. The summed E-state index contributed by atoms with van der Waals surface area (Å²) in [6.45, 7) is 9.95. The minimum absolute atomic E-state index is 0.353. The molecule has 1 unspecified atom stereocenters. The monoisotopic (exact) mass is 400 g/mol. The summed E-state index contributed by atoms with van der Waals surface area (Å²) in [5.74, 6) is 4.14. The first-order valence-electron chi connectivity index (χ1n) is 10.4. The van der Waals surface area contributed by atoms with E-state index in [-0.39, 0.29) is 0 Å². The molecule has 1 heterocycles.